The van der Waals surface area contributed by atoms with Crippen molar-refractivity contribution in [3.63, 3.8) is 0 Å². The molecule has 0 aromatic carbocycles. The van der Waals surface area contributed by atoms with Crippen molar-refractivity contribution < 1.29 is 5.11 Å². The molecule has 0 saturated heterocycles. The molecule has 0 aliphatic rings. The Morgan fingerprint density at radius 2 is 2.50 bits per heavy atom. The van der Waals surface area contributed by atoms with E-state index in [9.17, 15) is 0 Å². The fourth-order valence-electron chi connectivity index (χ4n) is 1.03. The van der Waals surface area contributed by atoms with E-state index in [2.05, 4.69) is 11.9 Å². The van der Waals surface area contributed by atoms with Crippen LogP contribution in [0.15, 0.2) is 5.38 Å². The molecule has 68 valence electrons. The lowest BCUT2D eigenvalue weighted by molar-refractivity contribution is 0.281. The third kappa shape index (κ3) is 2.27. The second-order valence-corrected chi connectivity index (χ2v) is 3.66. The Labute approximate surface area is 76.3 Å². The molecule has 12 heavy (non-hydrogen) atoms. The lowest BCUT2D eigenvalue weighted by Gasteiger charge is -2.05. The average molecular weight is 186 g/mol. The first-order chi connectivity index (χ1) is 5.77. The van der Waals surface area contributed by atoms with Gasteiger partial charge >= 0.3 is 0 Å². The zero-order valence-electron chi connectivity index (χ0n) is 7.16. The molecule has 0 aliphatic carbocycles. The van der Waals surface area contributed by atoms with E-state index in [4.69, 9.17) is 10.8 Å². The van der Waals surface area contributed by atoms with Gasteiger partial charge in [-0.1, -0.05) is 13.3 Å². The second-order valence-electron chi connectivity index (χ2n) is 2.72. The van der Waals surface area contributed by atoms with E-state index in [0.717, 1.165) is 23.5 Å². The van der Waals surface area contributed by atoms with Crippen LogP contribution in [-0.2, 0) is 6.61 Å². The summed E-state index contributed by atoms with van der Waals surface area (Å²) in [4.78, 5) is 4.19. The molecule has 1 heterocycles. The minimum Gasteiger partial charge on any atom is -0.389 e. The van der Waals surface area contributed by atoms with Gasteiger partial charge < -0.3 is 10.8 Å². The van der Waals surface area contributed by atoms with Gasteiger partial charge in [-0.2, -0.15) is 0 Å². The smallest absolute Gasteiger partial charge is 0.118 e. The number of nitrogens with two attached hydrogens (primary N) is 1. The first kappa shape index (κ1) is 9.64. The number of aliphatic hydroxyl groups is 1. The van der Waals surface area contributed by atoms with Gasteiger partial charge in [-0.3, -0.25) is 0 Å². The van der Waals surface area contributed by atoms with Crippen LogP contribution in [0.4, 0.5) is 0 Å². The van der Waals surface area contributed by atoms with Gasteiger partial charge in [0.1, 0.15) is 5.01 Å². The van der Waals surface area contributed by atoms with Crippen LogP contribution >= 0.6 is 11.3 Å². The van der Waals surface area contributed by atoms with Crippen molar-refractivity contribution in [1.82, 2.24) is 4.98 Å². The number of thiazole rings is 1. The molecule has 0 aliphatic heterocycles. The van der Waals surface area contributed by atoms with Crippen LogP contribution in [0, 0.1) is 0 Å². The van der Waals surface area contributed by atoms with Gasteiger partial charge in [0.05, 0.1) is 12.3 Å². The number of aliphatic hydroxyl groups excluding tert-OH is 1. The molecule has 1 atom stereocenters. The summed E-state index contributed by atoms with van der Waals surface area (Å²) in [6, 6.07) is 0.0338. The van der Waals surface area contributed by atoms with E-state index in [-0.39, 0.29) is 12.6 Å². The highest BCUT2D eigenvalue weighted by Gasteiger charge is 2.08. The van der Waals surface area contributed by atoms with Crippen LogP contribution in [0.3, 0.4) is 0 Å². The Kier molecular flexibility index (Phi) is 3.65. The fourth-order valence-corrected chi connectivity index (χ4v) is 1.74. The van der Waals surface area contributed by atoms with Crippen molar-refractivity contribution in [2.45, 2.75) is 32.4 Å². The Bertz CT molecular complexity index is 237. The fraction of sp³-hybridized carbons (Fsp3) is 0.625. The summed E-state index contributed by atoms with van der Waals surface area (Å²) in [7, 11) is 0. The summed E-state index contributed by atoms with van der Waals surface area (Å²) in [5, 5.41) is 11.4. The van der Waals surface area contributed by atoms with E-state index >= 15 is 0 Å². The molecular formula is C8H14N2OS. The third-order valence-electron chi connectivity index (χ3n) is 1.68. The first-order valence-corrected chi connectivity index (χ1v) is 4.96. The molecule has 1 aromatic heterocycles. The highest BCUT2D eigenvalue weighted by molar-refractivity contribution is 7.09. The number of rotatable bonds is 4. The molecule has 0 bridgehead atoms. The van der Waals surface area contributed by atoms with Crippen molar-refractivity contribution in [2.24, 2.45) is 5.73 Å². The number of aromatic nitrogens is 1. The average Bonchev–Trinajstić information content (AvgIpc) is 2.52. The topological polar surface area (TPSA) is 59.1 Å². The van der Waals surface area contributed by atoms with Gasteiger partial charge in [0.2, 0.25) is 0 Å². The van der Waals surface area contributed by atoms with Crippen LogP contribution in [0.1, 0.15) is 36.5 Å². The summed E-state index contributed by atoms with van der Waals surface area (Å²) in [5.41, 5.74) is 6.74. The second kappa shape index (κ2) is 4.54. The molecule has 3 N–H and O–H groups in total. The monoisotopic (exact) mass is 186 g/mol. The van der Waals surface area contributed by atoms with Crippen LogP contribution in [0.25, 0.3) is 0 Å². The SMILES string of the molecule is CCCC(N)c1csc(CO)n1. The molecule has 4 heteroatoms. The summed E-state index contributed by atoms with van der Waals surface area (Å²) in [6.07, 6.45) is 2.02. The molecule has 0 radical (unpaired) electrons. The Balaban J connectivity index is 2.61. The first-order valence-electron chi connectivity index (χ1n) is 4.08. The van der Waals surface area contributed by atoms with Gasteiger partial charge in [0.25, 0.3) is 0 Å². The minimum atomic E-state index is 0.0174. The molecular weight excluding hydrogens is 172 g/mol. The van der Waals surface area contributed by atoms with E-state index in [1.54, 1.807) is 0 Å². The highest BCUT2D eigenvalue weighted by atomic mass is 32.1. The summed E-state index contributed by atoms with van der Waals surface area (Å²) >= 11 is 1.46. The number of nitrogens with zero attached hydrogens (tertiary/aromatic N) is 1. The van der Waals surface area contributed by atoms with Crippen LogP contribution in [0.2, 0.25) is 0 Å². The van der Waals surface area contributed by atoms with Gasteiger partial charge in [-0.05, 0) is 6.42 Å². The molecule has 1 rings (SSSR count). The zero-order chi connectivity index (χ0) is 8.97. The quantitative estimate of drug-likeness (QED) is 0.748. The van der Waals surface area contributed by atoms with Gasteiger partial charge in [0.15, 0.2) is 0 Å². The van der Waals surface area contributed by atoms with E-state index in [0.29, 0.717) is 0 Å². The normalized spacial score (nSPS) is 13.2. The lowest BCUT2D eigenvalue weighted by Crippen LogP contribution is -2.10. The largest absolute Gasteiger partial charge is 0.389 e. The van der Waals surface area contributed by atoms with E-state index in [1.165, 1.54) is 11.3 Å². The molecule has 0 fully saturated rings. The van der Waals surface area contributed by atoms with Crippen molar-refractivity contribution in [1.29, 1.82) is 0 Å². The van der Waals surface area contributed by atoms with Crippen molar-refractivity contribution in [3.05, 3.63) is 16.1 Å². The number of hydrogen-bond donors (Lipinski definition) is 2. The predicted molar refractivity (Wildman–Crippen MR) is 49.9 cm³/mol. The van der Waals surface area contributed by atoms with Gasteiger partial charge in [-0.25, -0.2) is 4.98 Å². The molecule has 1 aromatic rings. The molecule has 0 spiro atoms. The maximum Gasteiger partial charge on any atom is 0.118 e. The summed E-state index contributed by atoms with van der Waals surface area (Å²) < 4.78 is 0. The van der Waals surface area contributed by atoms with E-state index < -0.39 is 0 Å². The predicted octanol–water partition coefficient (Wildman–Crippen LogP) is 1.44. The van der Waals surface area contributed by atoms with Crippen molar-refractivity contribution >= 4 is 11.3 Å². The zero-order valence-corrected chi connectivity index (χ0v) is 7.97. The number of hydrogen-bond acceptors (Lipinski definition) is 4. The van der Waals surface area contributed by atoms with Crippen molar-refractivity contribution in [2.75, 3.05) is 0 Å². The Morgan fingerprint density at radius 1 is 1.75 bits per heavy atom. The van der Waals surface area contributed by atoms with Crippen LogP contribution in [-0.4, -0.2) is 10.1 Å². The maximum absolute atomic E-state index is 8.77. The minimum absolute atomic E-state index is 0.0174. The highest BCUT2D eigenvalue weighted by Crippen LogP contribution is 2.18. The summed E-state index contributed by atoms with van der Waals surface area (Å²) in [6.45, 7) is 2.11. The van der Waals surface area contributed by atoms with Crippen LogP contribution < -0.4 is 5.73 Å². The standard InChI is InChI=1S/C8H14N2OS/c1-2-3-6(9)7-5-12-8(4-11)10-7/h5-6,11H,2-4,9H2,1H3. The molecule has 1 unspecified atom stereocenters. The molecule has 3 nitrogen and oxygen atoms in total. The van der Waals surface area contributed by atoms with Gasteiger partial charge in [-0.15, -0.1) is 11.3 Å². The van der Waals surface area contributed by atoms with Crippen molar-refractivity contribution in [3.8, 4) is 0 Å². The third-order valence-corrected chi connectivity index (χ3v) is 2.54. The Morgan fingerprint density at radius 3 is 3.00 bits per heavy atom. The molecule has 0 saturated carbocycles. The van der Waals surface area contributed by atoms with Crippen LogP contribution in [0.5, 0.6) is 0 Å². The van der Waals surface area contributed by atoms with E-state index in [1.807, 2.05) is 5.38 Å². The van der Waals surface area contributed by atoms with Gasteiger partial charge in [0, 0.05) is 11.4 Å². The summed E-state index contributed by atoms with van der Waals surface area (Å²) in [5.74, 6) is 0. The Hall–Kier alpha value is -0.450. The maximum atomic E-state index is 8.77. The molecule has 0 amide bonds. The lowest BCUT2D eigenvalue weighted by atomic mass is 10.1.